The lowest BCUT2D eigenvalue weighted by atomic mass is 9.92. The molecule has 1 unspecified atom stereocenters. The first-order chi connectivity index (χ1) is 11.6. The van der Waals surface area contributed by atoms with Gasteiger partial charge in [0.15, 0.2) is 0 Å². The molecule has 1 aliphatic heterocycles. The van der Waals surface area contributed by atoms with Crippen molar-refractivity contribution in [2.24, 2.45) is 5.92 Å². The highest BCUT2D eigenvalue weighted by atomic mass is 16.5. The van der Waals surface area contributed by atoms with Crippen molar-refractivity contribution in [3.63, 3.8) is 0 Å². The van der Waals surface area contributed by atoms with Gasteiger partial charge in [-0.2, -0.15) is 0 Å². The van der Waals surface area contributed by atoms with E-state index in [0.717, 1.165) is 48.1 Å². The summed E-state index contributed by atoms with van der Waals surface area (Å²) >= 11 is 0. The van der Waals surface area contributed by atoms with Crippen LogP contribution in [0, 0.1) is 5.92 Å². The van der Waals surface area contributed by atoms with Gasteiger partial charge in [-0.25, -0.2) is 0 Å². The number of aliphatic hydroxyl groups excluding tert-OH is 1. The van der Waals surface area contributed by atoms with Crippen LogP contribution in [0.25, 0.3) is 10.9 Å². The Labute approximate surface area is 142 Å². The third kappa shape index (κ3) is 3.79. The summed E-state index contributed by atoms with van der Waals surface area (Å²) < 4.78 is 5.54. The number of hydrogen-bond acceptors (Lipinski definition) is 4. The van der Waals surface area contributed by atoms with Crippen LogP contribution in [0.2, 0.25) is 0 Å². The minimum atomic E-state index is -0.242. The lowest BCUT2D eigenvalue weighted by Gasteiger charge is -2.33. The zero-order chi connectivity index (χ0) is 17.1. The number of ether oxygens (including phenoxy) is 1. The summed E-state index contributed by atoms with van der Waals surface area (Å²) in [4.78, 5) is 17.6. The van der Waals surface area contributed by atoms with Crippen LogP contribution in [0.3, 0.4) is 0 Å². The molecular formula is C19H26N2O3. The molecule has 5 nitrogen and oxygen atoms in total. The molecule has 5 heteroatoms. The number of hydrogen-bond donors (Lipinski definition) is 2. The van der Waals surface area contributed by atoms with Gasteiger partial charge in [0.25, 0.3) is 5.56 Å². The third-order valence-corrected chi connectivity index (χ3v) is 4.91. The minimum absolute atomic E-state index is 0.0238. The van der Waals surface area contributed by atoms with Crippen LogP contribution in [0.1, 0.15) is 32.3 Å². The molecule has 0 spiro atoms. The molecule has 2 aromatic rings. The zero-order valence-electron chi connectivity index (χ0n) is 14.4. The van der Waals surface area contributed by atoms with Crippen molar-refractivity contribution >= 4 is 10.9 Å². The van der Waals surface area contributed by atoms with Crippen LogP contribution in [0.15, 0.2) is 29.1 Å². The first-order valence-corrected chi connectivity index (χ1v) is 8.76. The maximum absolute atomic E-state index is 12.3. The molecule has 1 saturated heterocycles. The number of nitrogens with one attached hydrogen (secondary N) is 1. The summed E-state index contributed by atoms with van der Waals surface area (Å²) in [6.45, 7) is 6.94. The predicted octanol–water partition coefficient (Wildman–Crippen LogP) is 2.52. The smallest absolute Gasteiger partial charge is 0.252 e. The average Bonchev–Trinajstić information content (AvgIpc) is 2.56. The van der Waals surface area contributed by atoms with Gasteiger partial charge >= 0.3 is 0 Å². The van der Waals surface area contributed by atoms with Crippen molar-refractivity contribution < 1.29 is 9.84 Å². The Morgan fingerprint density at radius 3 is 2.75 bits per heavy atom. The number of rotatable bonds is 5. The van der Waals surface area contributed by atoms with Crippen LogP contribution < -0.4 is 10.3 Å². The topological polar surface area (TPSA) is 65.6 Å². The Morgan fingerprint density at radius 2 is 2.08 bits per heavy atom. The van der Waals surface area contributed by atoms with Gasteiger partial charge in [0.05, 0.1) is 12.7 Å². The molecule has 2 N–H and O–H groups in total. The Hall–Kier alpha value is -1.85. The number of fused-ring (bicyclic) bond motifs is 1. The summed E-state index contributed by atoms with van der Waals surface area (Å²) in [7, 11) is 0. The number of aromatic nitrogens is 1. The van der Waals surface area contributed by atoms with Crippen molar-refractivity contribution in [2.45, 2.75) is 39.3 Å². The molecule has 1 atom stereocenters. The molecule has 0 aliphatic carbocycles. The summed E-state index contributed by atoms with van der Waals surface area (Å²) in [6.07, 6.45) is 1.73. The summed E-state index contributed by atoms with van der Waals surface area (Å²) in [6, 6.07) is 7.71. The molecule has 0 bridgehead atoms. The van der Waals surface area contributed by atoms with Gasteiger partial charge in [-0.3, -0.25) is 9.69 Å². The number of nitrogens with zero attached hydrogens (tertiary/aromatic N) is 1. The van der Waals surface area contributed by atoms with E-state index in [9.17, 15) is 9.90 Å². The largest absolute Gasteiger partial charge is 0.494 e. The lowest BCUT2D eigenvalue weighted by Crippen LogP contribution is -2.37. The number of pyridine rings is 1. The molecule has 130 valence electrons. The number of piperidine rings is 1. The monoisotopic (exact) mass is 330 g/mol. The highest BCUT2D eigenvalue weighted by molar-refractivity contribution is 5.80. The van der Waals surface area contributed by atoms with Crippen LogP contribution in [0.5, 0.6) is 5.75 Å². The van der Waals surface area contributed by atoms with E-state index >= 15 is 0 Å². The predicted molar refractivity (Wildman–Crippen MR) is 95.4 cm³/mol. The van der Waals surface area contributed by atoms with Crippen LogP contribution >= 0.6 is 0 Å². The molecule has 2 heterocycles. The normalized spacial score (nSPS) is 18.0. The molecule has 0 amide bonds. The molecule has 1 aliphatic rings. The standard InChI is InChI=1S/C19H26N2O3/c1-3-24-17-4-5-18-15(11-17)10-16(19(23)20-18)12-21-8-6-14(7-9-21)13(2)22/h4-5,10-11,13-14,22H,3,6-9,12H2,1-2H3,(H,20,23). The van der Waals surface area contributed by atoms with Crippen molar-refractivity contribution in [1.82, 2.24) is 9.88 Å². The Morgan fingerprint density at radius 1 is 1.33 bits per heavy atom. The quantitative estimate of drug-likeness (QED) is 0.884. The van der Waals surface area contributed by atoms with Gasteiger partial charge in [-0.15, -0.1) is 0 Å². The van der Waals surface area contributed by atoms with E-state index in [2.05, 4.69) is 9.88 Å². The molecule has 24 heavy (non-hydrogen) atoms. The summed E-state index contributed by atoms with van der Waals surface area (Å²) in [5.74, 6) is 1.20. The zero-order valence-corrected chi connectivity index (χ0v) is 14.4. The molecule has 1 fully saturated rings. The van der Waals surface area contributed by atoms with E-state index in [-0.39, 0.29) is 11.7 Å². The fourth-order valence-corrected chi connectivity index (χ4v) is 3.44. The van der Waals surface area contributed by atoms with E-state index in [1.54, 1.807) is 0 Å². The van der Waals surface area contributed by atoms with E-state index in [4.69, 9.17) is 4.74 Å². The SMILES string of the molecule is CCOc1ccc2[nH]c(=O)c(CN3CCC(C(C)O)CC3)cc2c1. The number of aliphatic hydroxyl groups is 1. The second kappa shape index (κ2) is 7.36. The van der Waals surface area contributed by atoms with Crippen molar-refractivity contribution in [3.8, 4) is 5.75 Å². The molecule has 0 radical (unpaired) electrons. The highest BCUT2D eigenvalue weighted by Gasteiger charge is 2.23. The number of aromatic amines is 1. The van der Waals surface area contributed by atoms with E-state index < -0.39 is 0 Å². The molecular weight excluding hydrogens is 304 g/mol. The maximum Gasteiger partial charge on any atom is 0.252 e. The molecule has 1 aromatic heterocycles. The number of benzene rings is 1. The highest BCUT2D eigenvalue weighted by Crippen LogP contribution is 2.23. The third-order valence-electron chi connectivity index (χ3n) is 4.91. The number of likely N-dealkylation sites (tertiary alicyclic amines) is 1. The van der Waals surface area contributed by atoms with Crippen molar-refractivity contribution in [3.05, 3.63) is 40.2 Å². The second-order valence-electron chi connectivity index (χ2n) is 6.66. The van der Waals surface area contributed by atoms with Gasteiger partial charge < -0.3 is 14.8 Å². The molecule has 1 aromatic carbocycles. The first-order valence-electron chi connectivity index (χ1n) is 8.76. The Balaban J connectivity index is 1.76. The maximum atomic E-state index is 12.3. The van der Waals surface area contributed by atoms with Gasteiger partial charge in [-0.1, -0.05) is 0 Å². The Kier molecular flexibility index (Phi) is 5.21. The average molecular weight is 330 g/mol. The van der Waals surface area contributed by atoms with Gasteiger partial charge in [0.2, 0.25) is 0 Å². The summed E-state index contributed by atoms with van der Waals surface area (Å²) in [5, 5.41) is 10.7. The lowest BCUT2D eigenvalue weighted by molar-refractivity contribution is 0.0694. The van der Waals surface area contributed by atoms with E-state index in [1.165, 1.54) is 0 Å². The van der Waals surface area contributed by atoms with Gasteiger partial charge in [0, 0.05) is 23.0 Å². The summed E-state index contributed by atoms with van der Waals surface area (Å²) in [5.41, 5.74) is 1.59. The molecule has 3 rings (SSSR count). The minimum Gasteiger partial charge on any atom is -0.494 e. The van der Waals surface area contributed by atoms with Gasteiger partial charge in [0.1, 0.15) is 5.75 Å². The van der Waals surface area contributed by atoms with Crippen LogP contribution in [-0.2, 0) is 6.54 Å². The number of H-pyrrole nitrogens is 1. The van der Waals surface area contributed by atoms with E-state index in [1.807, 2.05) is 38.1 Å². The Bertz CT molecular complexity index is 746. The fourth-order valence-electron chi connectivity index (χ4n) is 3.44. The van der Waals surface area contributed by atoms with Crippen molar-refractivity contribution in [2.75, 3.05) is 19.7 Å². The van der Waals surface area contributed by atoms with Crippen LogP contribution in [-0.4, -0.2) is 40.8 Å². The van der Waals surface area contributed by atoms with Crippen molar-refractivity contribution in [1.29, 1.82) is 0 Å². The first kappa shape index (κ1) is 17.0. The second-order valence-corrected chi connectivity index (χ2v) is 6.66. The van der Waals surface area contributed by atoms with Crippen LogP contribution in [0.4, 0.5) is 0 Å². The molecule has 0 saturated carbocycles. The van der Waals surface area contributed by atoms with Gasteiger partial charge in [-0.05, 0) is 70.0 Å². The van der Waals surface area contributed by atoms with E-state index in [0.29, 0.717) is 19.1 Å². The fraction of sp³-hybridized carbons (Fsp3) is 0.526.